The Morgan fingerprint density at radius 3 is 2.22 bits per heavy atom. The molecule has 0 fully saturated rings. The number of nitrogens with one attached hydrogen (secondary N) is 1. The van der Waals surface area contributed by atoms with Gasteiger partial charge >= 0.3 is 0 Å². The van der Waals surface area contributed by atoms with E-state index in [2.05, 4.69) is 5.32 Å². The zero-order valence-corrected chi connectivity index (χ0v) is 16.3. The second kappa shape index (κ2) is 10.3. The minimum absolute atomic E-state index is 0.0434. The van der Waals surface area contributed by atoms with Crippen LogP contribution in [0.4, 0.5) is 0 Å². The van der Waals surface area contributed by atoms with Crippen LogP contribution in [0, 0.1) is 0 Å². The summed E-state index contributed by atoms with van der Waals surface area (Å²) >= 11 is 0. The molecule has 0 atom stereocenters. The highest BCUT2D eigenvalue weighted by molar-refractivity contribution is 5.76. The Balaban J connectivity index is 1.98. The van der Waals surface area contributed by atoms with Crippen LogP contribution in [0.3, 0.4) is 0 Å². The fourth-order valence-electron chi connectivity index (χ4n) is 2.77. The van der Waals surface area contributed by atoms with Gasteiger partial charge in [-0.15, -0.1) is 0 Å². The molecule has 0 radical (unpaired) electrons. The summed E-state index contributed by atoms with van der Waals surface area (Å²) in [5.74, 6) is 2.59. The first kappa shape index (κ1) is 20.4. The van der Waals surface area contributed by atoms with Gasteiger partial charge in [-0.3, -0.25) is 4.79 Å². The van der Waals surface area contributed by atoms with Gasteiger partial charge in [0.05, 0.1) is 27.9 Å². The van der Waals surface area contributed by atoms with Crippen molar-refractivity contribution in [2.45, 2.75) is 26.3 Å². The normalized spacial score (nSPS) is 10.2. The number of rotatable bonds is 10. The molecule has 0 saturated carbocycles. The fourth-order valence-corrected chi connectivity index (χ4v) is 2.77. The summed E-state index contributed by atoms with van der Waals surface area (Å²) in [5, 5.41) is 2.93. The van der Waals surface area contributed by atoms with Crippen LogP contribution in [0.5, 0.6) is 23.0 Å². The molecular formula is C21H27NO5. The predicted molar refractivity (Wildman–Crippen MR) is 104 cm³/mol. The summed E-state index contributed by atoms with van der Waals surface area (Å²) in [6.45, 7) is 2.89. The van der Waals surface area contributed by atoms with Crippen LogP contribution in [-0.4, -0.2) is 33.8 Å². The highest BCUT2D eigenvalue weighted by atomic mass is 16.5. The Labute approximate surface area is 160 Å². The van der Waals surface area contributed by atoms with Crippen molar-refractivity contribution in [2.24, 2.45) is 0 Å². The molecule has 0 saturated heterocycles. The highest BCUT2D eigenvalue weighted by Gasteiger charge is 2.13. The lowest BCUT2D eigenvalue weighted by Crippen LogP contribution is -2.23. The van der Waals surface area contributed by atoms with E-state index < -0.39 is 0 Å². The summed E-state index contributed by atoms with van der Waals surface area (Å²) in [4.78, 5) is 12.3. The zero-order valence-electron chi connectivity index (χ0n) is 16.3. The maximum atomic E-state index is 12.3. The van der Waals surface area contributed by atoms with Crippen LogP contribution < -0.4 is 24.3 Å². The minimum Gasteiger partial charge on any atom is -0.496 e. The molecule has 6 heteroatoms. The Hall–Kier alpha value is -2.89. The number of amides is 1. The number of ether oxygens (including phenoxy) is 4. The molecule has 0 aliphatic carbocycles. The van der Waals surface area contributed by atoms with E-state index in [0.717, 1.165) is 16.9 Å². The molecule has 0 aliphatic heterocycles. The third-order valence-electron chi connectivity index (χ3n) is 4.16. The topological polar surface area (TPSA) is 66.0 Å². The Morgan fingerprint density at radius 1 is 0.889 bits per heavy atom. The average molecular weight is 373 g/mol. The molecule has 146 valence electrons. The number of methoxy groups -OCH3 is 3. The van der Waals surface area contributed by atoms with E-state index in [-0.39, 0.29) is 5.91 Å². The quantitative estimate of drug-likeness (QED) is 0.692. The molecule has 27 heavy (non-hydrogen) atoms. The first-order valence-electron chi connectivity index (χ1n) is 8.89. The molecule has 2 rings (SSSR count). The van der Waals surface area contributed by atoms with Gasteiger partial charge in [-0.1, -0.05) is 18.2 Å². The maximum absolute atomic E-state index is 12.3. The Morgan fingerprint density at radius 2 is 1.56 bits per heavy atom. The van der Waals surface area contributed by atoms with Gasteiger partial charge < -0.3 is 24.3 Å². The SMILES string of the molecule is CCOc1ccccc1CCC(=O)NCc1cc(OC)c(OC)cc1OC. The van der Waals surface area contributed by atoms with Crippen LogP contribution in [0.2, 0.25) is 0 Å². The minimum atomic E-state index is -0.0434. The lowest BCUT2D eigenvalue weighted by molar-refractivity contribution is -0.121. The molecule has 0 unspecified atom stereocenters. The lowest BCUT2D eigenvalue weighted by Gasteiger charge is -2.15. The molecule has 2 aromatic carbocycles. The van der Waals surface area contributed by atoms with Gasteiger partial charge in [0.15, 0.2) is 11.5 Å². The maximum Gasteiger partial charge on any atom is 0.220 e. The van der Waals surface area contributed by atoms with Gasteiger partial charge in [0.2, 0.25) is 5.91 Å². The van der Waals surface area contributed by atoms with Crippen LogP contribution >= 0.6 is 0 Å². The van der Waals surface area contributed by atoms with Crippen molar-refractivity contribution in [1.29, 1.82) is 0 Å². The molecule has 1 amide bonds. The third-order valence-corrected chi connectivity index (χ3v) is 4.16. The summed E-state index contributed by atoms with van der Waals surface area (Å²) < 4.78 is 21.6. The lowest BCUT2D eigenvalue weighted by atomic mass is 10.1. The van der Waals surface area contributed by atoms with E-state index in [1.165, 1.54) is 0 Å². The zero-order chi connectivity index (χ0) is 19.6. The summed E-state index contributed by atoms with van der Waals surface area (Å²) in [7, 11) is 4.72. The van der Waals surface area contributed by atoms with Crippen LogP contribution in [0.15, 0.2) is 36.4 Å². The molecule has 6 nitrogen and oxygen atoms in total. The van der Waals surface area contributed by atoms with Crippen molar-refractivity contribution >= 4 is 5.91 Å². The standard InChI is InChI=1S/C21H27NO5/c1-5-27-17-9-7-6-8-15(17)10-11-21(23)22-14-16-12-19(25-3)20(26-4)13-18(16)24-2/h6-9,12-13H,5,10-11,14H2,1-4H3,(H,22,23). The first-order chi connectivity index (χ1) is 13.1. The van der Waals surface area contributed by atoms with Crippen molar-refractivity contribution < 1.29 is 23.7 Å². The second-order valence-corrected chi connectivity index (χ2v) is 5.84. The van der Waals surface area contributed by atoms with Crippen molar-refractivity contribution in [3.8, 4) is 23.0 Å². The number of carbonyl (C=O) groups is 1. The number of para-hydroxylation sites is 1. The third kappa shape index (κ3) is 5.54. The van der Waals surface area contributed by atoms with Gasteiger partial charge in [-0.25, -0.2) is 0 Å². The number of benzene rings is 2. The van der Waals surface area contributed by atoms with Gasteiger partial charge in [-0.2, -0.15) is 0 Å². The van der Waals surface area contributed by atoms with Gasteiger partial charge in [0.25, 0.3) is 0 Å². The van der Waals surface area contributed by atoms with Gasteiger partial charge in [-0.05, 0) is 31.0 Å². The van der Waals surface area contributed by atoms with E-state index in [9.17, 15) is 4.79 Å². The molecule has 0 aromatic heterocycles. The van der Waals surface area contributed by atoms with Crippen LogP contribution in [0.1, 0.15) is 24.5 Å². The summed E-state index contributed by atoms with van der Waals surface area (Å²) in [6, 6.07) is 11.3. The summed E-state index contributed by atoms with van der Waals surface area (Å²) in [5.41, 5.74) is 1.84. The largest absolute Gasteiger partial charge is 0.496 e. The molecule has 2 aromatic rings. The van der Waals surface area contributed by atoms with Crippen LogP contribution in [-0.2, 0) is 17.8 Å². The summed E-state index contributed by atoms with van der Waals surface area (Å²) in [6.07, 6.45) is 0.991. The number of hydrogen-bond acceptors (Lipinski definition) is 5. The van der Waals surface area contributed by atoms with E-state index in [4.69, 9.17) is 18.9 Å². The fraction of sp³-hybridized carbons (Fsp3) is 0.381. The average Bonchev–Trinajstić information content (AvgIpc) is 2.71. The molecule has 0 aliphatic rings. The predicted octanol–water partition coefficient (Wildman–Crippen LogP) is 3.36. The monoisotopic (exact) mass is 373 g/mol. The molecule has 0 heterocycles. The van der Waals surface area contributed by atoms with Crippen LogP contribution in [0.25, 0.3) is 0 Å². The van der Waals surface area contributed by atoms with E-state index in [0.29, 0.717) is 43.2 Å². The van der Waals surface area contributed by atoms with Gasteiger partial charge in [0.1, 0.15) is 11.5 Å². The number of hydrogen-bond donors (Lipinski definition) is 1. The smallest absolute Gasteiger partial charge is 0.220 e. The number of aryl methyl sites for hydroxylation is 1. The molecular weight excluding hydrogens is 346 g/mol. The molecule has 0 spiro atoms. The van der Waals surface area contributed by atoms with Crippen molar-refractivity contribution in [3.05, 3.63) is 47.5 Å². The number of carbonyl (C=O) groups excluding carboxylic acids is 1. The second-order valence-electron chi connectivity index (χ2n) is 5.84. The Bertz CT molecular complexity index is 760. The van der Waals surface area contributed by atoms with Gasteiger partial charge in [0, 0.05) is 24.6 Å². The van der Waals surface area contributed by atoms with E-state index in [1.54, 1.807) is 27.4 Å². The van der Waals surface area contributed by atoms with Crippen molar-refractivity contribution in [2.75, 3.05) is 27.9 Å². The van der Waals surface area contributed by atoms with Crippen molar-refractivity contribution in [3.63, 3.8) is 0 Å². The molecule has 1 N–H and O–H groups in total. The molecule has 0 bridgehead atoms. The van der Waals surface area contributed by atoms with E-state index >= 15 is 0 Å². The Kier molecular flexibility index (Phi) is 7.79. The first-order valence-corrected chi connectivity index (χ1v) is 8.89. The van der Waals surface area contributed by atoms with Crippen molar-refractivity contribution in [1.82, 2.24) is 5.32 Å². The van der Waals surface area contributed by atoms with E-state index in [1.807, 2.05) is 37.3 Å². The highest BCUT2D eigenvalue weighted by Crippen LogP contribution is 2.34.